The Kier molecular flexibility index (Phi) is 8.14. The smallest absolute Gasteiger partial charge is 0.274 e. The van der Waals surface area contributed by atoms with Gasteiger partial charge in [-0.25, -0.2) is 15.2 Å². The number of nitrogens with one attached hydrogen (secondary N) is 2. The largest absolute Gasteiger partial charge is 0.497 e. The molecular weight excluding hydrogens is 549 g/mol. The van der Waals surface area contributed by atoms with Crippen molar-refractivity contribution in [3.8, 4) is 17.2 Å². The number of anilines is 2. The maximum absolute atomic E-state index is 14.6. The lowest BCUT2D eigenvalue weighted by Crippen LogP contribution is -2.29. The number of hydrogen-bond acceptors (Lipinski definition) is 8. The molecule has 5 rings (SSSR count). The summed E-state index contributed by atoms with van der Waals surface area (Å²) in [6, 6.07) is 18.0. The van der Waals surface area contributed by atoms with E-state index in [1.54, 1.807) is 38.4 Å². The first kappa shape index (κ1) is 28.0. The lowest BCUT2D eigenvalue weighted by molar-refractivity contribution is 0.0732. The Morgan fingerprint density at radius 1 is 0.976 bits per heavy atom. The molecule has 212 valence electrons. The molecule has 1 amide bonds. The average Bonchev–Trinajstić information content (AvgIpc) is 3.27. The van der Waals surface area contributed by atoms with Crippen molar-refractivity contribution in [2.75, 3.05) is 32.1 Å². The van der Waals surface area contributed by atoms with Gasteiger partial charge < -0.3 is 29.9 Å². The number of aromatic nitrogens is 1. The molecule has 0 bridgehead atoms. The molecule has 0 aliphatic carbocycles. The molecule has 1 aliphatic heterocycles. The number of carbonyl (C=O) groups excluding carboxylic acids is 1. The summed E-state index contributed by atoms with van der Waals surface area (Å²) >= 11 is 6.63. The van der Waals surface area contributed by atoms with Crippen LogP contribution in [-0.2, 0) is 13.1 Å². The molecule has 4 aromatic rings. The van der Waals surface area contributed by atoms with E-state index in [2.05, 4.69) is 15.7 Å². The topological polar surface area (TPSA) is 111 Å². The van der Waals surface area contributed by atoms with E-state index in [4.69, 9.17) is 31.7 Å². The zero-order valence-corrected chi connectivity index (χ0v) is 23.5. The minimum absolute atomic E-state index is 0.184. The first-order valence-electron chi connectivity index (χ1n) is 12.7. The molecule has 1 atom stereocenters. The van der Waals surface area contributed by atoms with Crippen molar-refractivity contribution in [1.82, 2.24) is 9.88 Å². The number of methoxy groups -OCH3 is 3. The molecule has 1 aliphatic rings. The number of hydrogen-bond donors (Lipinski definition) is 3. The third kappa shape index (κ3) is 5.57. The molecule has 1 unspecified atom stereocenters. The van der Waals surface area contributed by atoms with Gasteiger partial charge in [0.15, 0.2) is 0 Å². The standard InChI is InChI=1S/C30H29ClFN5O4/c1-39-20-8-4-17(5-9-20)16-37-29(22-12-19(32)7-11-23(22)31)27-24(14-26(36-33)35-28(27)30(37)38)34-15-18-6-10-21(40-2)13-25(18)41-3/h4-14,29H,15-16,33H2,1-3H3,(H2,34,35,36). The number of rotatable bonds is 10. The molecule has 9 nitrogen and oxygen atoms in total. The van der Waals surface area contributed by atoms with E-state index in [0.717, 1.165) is 11.1 Å². The second kappa shape index (κ2) is 11.9. The Labute approximate surface area is 242 Å². The van der Waals surface area contributed by atoms with Gasteiger partial charge in [0, 0.05) is 52.6 Å². The molecule has 0 spiro atoms. The van der Waals surface area contributed by atoms with Crippen molar-refractivity contribution in [2.45, 2.75) is 19.1 Å². The van der Waals surface area contributed by atoms with Gasteiger partial charge in [0.25, 0.3) is 5.91 Å². The average molecular weight is 578 g/mol. The number of nitrogens with two attached hydrogens (primary N) is 1. The van der Waals surface area contributed by atoms with Crippen molar-refractivity contribution in [1.29, 1.82) is 0 Å². The highest BCUT2D eigenvalue weighted by molar-refractivity contribution is 6.31. The van der Waals surface area contributed by atoms with E-state index >= 15 is 0 Å². The predicted octanol–water partition coefficient (Wildman–Crippen LogP) is 5.54. The second-order valence-electron chi connectivity index (χ2n) is 9.34. The van der Waals surface area contributed by atoms with Crippen LogP contribution in [0.25, 0.3) is 0 Å². The first-order chi connectivity index (χ1) is 19.9. The molecule has 11 heteroatoms. The molecule has 3 aromatic carbocycles. The van der Waals surface area contributed by atoms with Gasteiger partial charge in [0.05, 0.1) is 27.4 Å². The van der Waals surface area contributed by atoms with Crippen molar-refractivity contribution in [3.05, 3.63) is 106 Å². The Hall–Kier alpha value is -4.54. The Morgan fingerprint density at radius 2 is 1.71 bits per heavy atom. The van der Waals surface area contributed by atoms with Gasteiger partial charge in [-0.2, -0.15) is 0 Å². The summed E-state index contributed by atoms with van der Waals surface area (Å²) in [5.74, 6) is 7.18. The van der Waals surface area contributed by atoms with Gasteiger partial charge in [-0.3, -0.25) is 4.79 Å². The van der Waals surface area contributed by atoms with Crippen LogP contribution in [0.5, 0.6) is 17.2 Å². The van der Waals surface area contributed by atoms with Crippen LogP contribution >= 0.6 is 11.6 Å². The van der Waals surface area contributed by atoms with Crippen LogP contribution in [0.1, 0.15) is 38.8 Å². The molecule has 1 aromatic heterocycles. The Morgan fingerprint density at radius 3 is 2.39 bits per heavy atom. The van der Waals surface area contributed by atoms with Gasteiger partial charge in [-0.05, 0) is 48.0 Å². The highest BCUT2D eigenvalue weighted by Gasteiger charge is 2.42. The predicted molar refractivity (Wildman–Crippen MR) is 155 cm³/mol. The summed E-state index contributed by atoms with van der Waals surface area (Å²) < 4.78 is 30.7. The molecule has 41 heavy (non-hydrogen) atoms. The normalized spacial score (nSPS) is 14.0. The van der Waals surface area contributed by atoms with Crippen LogP contribution in [0, 0.1) is 5.82 Å². The molecular formula is C30H29ClFN5O4. The molecule has 0 radical (unpaired) electrons. The van der Waals surface area contributed by atoms with E-state index in [1.807, 2.05) is 36.4 Å². The van der Waals surface area contributed by atoms with Crippen LogP contribution in [0.15, 0.2) is 66.7 Å². The number of ether oxygens (including phenoxy) is 3. The number of halogens is 2. The fourth-order valence-electron chi connectivity index (χ4n) is 4.95. The summed E-state index contributed by atoms with van der Waals surface area (Å²) in [7, 11) is 4.75. The van der Waals surface area contributed by atoms with Gasteiger partial charge in [0.2, 0.25) is 0 Å². The summed E-state index contributed by atoms with van der Waals surface area (Å²) in [5.41, 5.74) is 6.00. The van der Waals surface area contributed by atoms with Crippen LogP contribution in [0.2, 0.25) is 5.02 Å². The molecule has 0 fully saturated rings. The van der Waals surface area contributed by atoms with E-state index in [-0.39, 0.29) is 24.0 Å². The van der Waals surface area contributed by atoms with Gasteiger partial charge in [-0.15, -0.1) is 0 Å². The number of benzene rings is 3. The minimum atomic E-state index is -0.734. The SMILES string of the molecule is COc1ccc(CN2C(=O)c3nc(NN)cc(NCc4ccc(OC)cc4OC)c3C2c2cc(F)ccc2Cl)cc1. The van der Waals surface area contributed by atoms with Crippen molar-refractivity contribution < 1.29 is 23.4 Å². The van der Waals surface area contributed by atoms with Gasteiger partial charge in [0.1, 0.15) is 34.6 Å². The number of carbonyl (C=O) groups is 1. The number of nitrogens with zero attached hydrogens (tertiary/aromatic N) is 2. The van der Waals surface area contributed by atoms with E-state index in [9.17, 15) is 9.18 Å². The summed E-state index contributed by atoms with van der Waals surface area (Å²) in [6.07, 6.45) is 0. The van der Waals surface area contributed by atoms with Crippen LogP contribution in [0.3, 0.4) is 0 Å². The number of amides is 1. The second-order valence-corrected chi connectivity index (χ2v) is 9.75. The third-order valence-electron chi connectivity index (χ3n) is 6.98. The van der Waals surface area contributed by atoms with E-state index < -0.39 is 11.9 Å². The molecule has 2 heterocycles. The maximum Gasteiger partial charge on any atom is 0.274 e. The van der Waals surface area contributed by atoms with Crippen molar-refractivity contribution >= 4 is 29.0 Å². The zero-order valence-electron chi connectivity index (χ0n) is 22.7. The number of hydrazine groups is 1. The zero-order chi connectivity index (χ0) is 29.1. The molecule has 0 saturated heterocycles. The van der Waals surface area contributed by atoms with Crippen molar-refractivity contribution in [3.63, 3.8) is 0 Å². The third-order valence-corrected chi connectivity index (χ3v) is 7.33. The summed E-state index contributed by atoms with van der Waals surface area (Å²) in [5, 5.41) is 3.73. The first-order valence-corrected chi connectivity index (χ1v) is 13.1. The van der Waals surface area contributed by atoms with Crippen LogP contribution < -0.4 is 30.8 Å². The fourth-order valence-corrected chi connectivity index (χ4v) is 5.17. The number of pyridine rings is 1. The van der Waals surface area contributed by atoms with Gasteiger partial charge in [-0.1, -0.05) is 23.7 Å². The monoisotopic (exact) mass is 577 g/mol. The quantitative estimate of drug-likeness (QED) is 0.166. The number of fused-ring (bicyclic) bond motifs is 1. The lowest BCUT2D eigenvalue weighted by Gasteiger charge is -2.27. The van der Waals surface area contributed by atoms with Crippen LogP contribution in [0.4, 0.5) is 15.9 Å². The highest BCUT2D eigenvalue weighted by Crippen LogP contribution is 2.46. The maximum atomic E-state index is 14.6. The summed E-state index contributed by atoms with van der Waals surface area (Å²) in [4.78, 5) is 20.1. The highest BCUT2D eigenvalue weighted by atomic mass is 35.5. The fraction of sp³-hybridized carbons (Fsp3) is 0.200. The number of nitrogen functional groups attached to an aromatic ring is 1. The minimum Gasteiger partial charge on any atom is -0.497 e. The molecule has 0 saturated carbocycles. The Bertz CT molecular complexity index is 1580. The van der Waals surface area contributed by atoms with Crippen molar-refractivity contribution in [2.24, 2.45) is 5.84 Å². The summed E-state index contributed by atoms with van der Waals surface area (Å²) in [6.45, 7) is 0.553. The van der Waals surface area contributed by atoms with E-state index in [0.29, 0.717) is 45.6 Å². The Balaban J connectivity index is 1.61. The molecule has 4 N–H and O–H groups in total. The lowest BCUT2D eigenvalue weighted by atomic mass is 9.97. The van der Waals surface area contributed by atoms with E-state index in [1.165, 1.54) is 18.2 Å². The van der Waals surface area contributed by atoms with Gasteiger partial charge >= 0.3 is 0 Å². The van der Waals surface area contributed by atoms with Crippen LogP contribution in [-0.4, -0.2) is 37.1 Å².